The number of amides is 1. The van der Waals surface area contributed by atoms with Crippen molar-refractivity contribution < 1.29 is 21.6 Å². The lowest BCUT2D eigenvalue weighted by Gasteiger charge is -2.31. The summed E-state index contributed by atoms with van der Waals surface area (Å²) in [5, 5.41) is 8.03. The number of primary sulfonamides is 1. The minimum absolute atomic E-state index is 0.0111. The van der Waals surface area contributed by atoms with E-state index < -0.39 is 20.0 Å². The molecular formula is C21H27N3O5S2. The third-order valence-electron chi connectivity index (χ3n) is 5.55. The molecule has 3 N–H and O–H groups in total. The molecule has 168 valence electrons. The van der Waals surface area contributed by atoms with Crippen molar-refractivity contribution in [3.63, 3.8) is 0 Å². The number of benzene rings is 2. The Kier molecular flexibility index (Phi) is 6.85. The quantitative estimate of drug-likeness (QED) is 0.674. The van der Waals surface area contributed by atoms with Crippen LogP contribution >= 0.6 is 0 Å². The van der Waals surface area contributed by atoms with Crippen molar-refractivity contribution in [2.24, 2.45) is 11.1 Å². The lowest BCUT2D eigenvalue weighted by Crippen LogP contribution is -2.43. The third-order valence-corrected chi connectivity index (χ3v) is 8.39. The van der Waals surface area contributed by atoms with E-state index in [1.54, 1.807) is 43.3 Å². The van der Waals surface area contributed by atoms with Crippen LogP contribution in [0, 0.1) is 12.8 Å². The van der Waals surface area contributed by atoms with Gasteiger partial charge >= 0.3 is 0 Å². The SMILES string of the molecule is Cc1ccc(S(=O)(=O)N2CCC(C(=O)NC(C)c3ccc(S(N)(=O)=O)cc3)CC2)cc1. The maximum atomic E-state index is 12.8. The molecule has 3 rings (SSSR count). The van der Waals surface area contributed by atoms with Crippen molar-refractivity contribution in [3.8, 4) is 0 Å². The first-order chi connectivity index (χ1) is 14.5. The Morgan fingerprint density at radius 2 is 1.48 bits per heavy atom. The van der Waals surface area contributed by atoms with Crippen LogP contribution in [-0.4, -0.2) is 40.1 Å². The molecule has 1 heterocycles. The second kappa shape index (κ2) is 9.07. The van der Waals surface area contributed by atoms with Crippen molar-refractivity contribution in [3.05, 3.63) is 59.7 Å². The smallest absolute Gasteiger partial charge is 0.243 e. The van der Waals surface area contributed by atoms with Gasteiger partial charge in [-0.15, -0.1) is 0 Å². The Hall–Kier alpha value is -2.27. The molecule has 0 radical (unpaired) electrons. The zero-order valence-corrected chi connectivity index (χ0v) is 19.1. The first-order valence-electron chi connectivity index (χ1n) is 9.98. The molecule has 31 heavy (non-hydrogen) atoms. The van der Waals surface area contributed by atoms with Crippen LogP contribution < -0.4 is 10.5 Å². The van der Waals surface area contributed by atoms with Crippen molar-refractivity contribution in [2.45, 2.75) is 42.5 Å². The number of piperidine rings is 1. The normalized spacial score (nSPS) is 17.3. The molecular weight excluding hydrogens is 438 g/mol. The predicted molar refractivity (Wildman–Crippen MR) is 117 cm³/mol. The number of rotatable bonds is 6. The summed E-state index contributed by atoms with van der Waals surface area (Å²) in [6.07, 6.45) is 0.877. The summed E-state index contributed by atoms with van der Waals surface area (Å²) in [6, 6.07) is 12.5. The molecule has 0 saturated carbocycles. The van der Waals surface area contributed by atoms with Crippen molar-refractivity contribution in [2.75, 3.05) is 13.1 Å². The van der Waals surface area contributed by atoms with Crippen LogP contribution in [0.15, 0.2) is 58.3 Å². The fraction of sp³-hybridized carbons (Fsp3) is 0.381. The molecule has 0 bridgehead atoms. The zero-order chi connectivity index (χ0) is 22.8. The van der Waals surface area contributed by atoms with E-state index in [1.807, 2.05) is 6.92 Å². The molecule has 1 fully saturated rings. The van der Waals surface area contributed by atoms with E-state index in [0.29, 0.717) is 12.8 Å². The Bertz CT molecular complexity index is 1140. The van der Waals surface area contributed by atoms with E-state index in [0.717, 1.165) is 11.1 Å². The van der Waals surface area contributed by atoms with Gasteiger partial charge in [-0.3, -0.25) is 4.79 Å². The maximum absolute atomic E-state index is 12.8. The first-order valence-corrected chi connectivity index (χ1v) is 13.0. The zero-order valence-electron chi connectivity index (χ0n) is 17.5. The molecule has 1 amide bonds. The molecule has 1 aliphatic heterocycles. The Morgan fingerprint density at radius 1 is 0.968 bits per heavy atom. The molecule has 2 aromatic rings. The monoisotopic (exact) mass is 465 g/mol. The van der Waals surface area contributed by atoms with Crippen LogP contribution in [0.3, 0.4) is 0 Å². The maximum Gasteiger partial charge on any atom is 0.243 e. The van der Waals surface area contributed by atoms with Gasteiger partial charge in [0.25, 0.3) is 0 Å². The predicted octanol–water partition coefficient (Wildman–Crippen LogP) is 1.92. The van der Waals surface area contributed by atoms with Crippen LogP contribution in [0.1, 0.15) is 36.9 Å². The molecule has 0 spiro atoms. The third kappa shape index (κ3) is 5.51. The Balaban J connectivity index is 1.58. The van der Waals surface area contributed by atoms with Gasteiger partial charge in [-0.1, -0.05) is 29.8 Å². The fourth-order valence-electron chi connectivity index (χ4n) is 3.58. The van der Waals surface area contributed by atoms with Crippen LogP contribution in [0.2, 0.25) is 0 Å². The standard InChI is InChI=1S/C21H27N3O5S2/c1-15-3-7-20(8-4-15)31(28,29)24-13-11-18(12-14-24)21(25)23-16(2)17-5-9-19(10-6-17)30(22,26)27/h3-10,16,18H,11-14H2,1-2H3,(H,23,25)(H2,22,26,27). The van der Waals surface area contributed by atoms with Crippen LogP contribution in [-0.2, 0) is 24.8 Å². The minimum atomic E-state index is -3.77. The van der Waals surface area contributed by atoms with E-state index in [9.17, 15) is 21.6 Å². The molecule has 1 atom stereocenters. The van der Waals surface area contributed by atoms with Crippen molar-refractivity contribution in [1.82, 2.24) is 9.62 Å². The van der Waals surface area contributed by atoms with Gasteiger partial charge in [-0.25, -0.2) is 22.0 Å². The van der Waals surface area contributed by atoms with Crippen LogP contribution in [0.25, 0.3) is 0 Å². The second-order valence-electron chi connectivity index (χ2n) is 7.84. The summed E-state index contributed by atoms with van der Waals surface area (Å²) in [6.45, 7) is 4.27. The van der Waals surface area contributed by atoms with Crippen molar-refractivity contribution >= 4 is 26.0 Å². The summed E-state index contributed by atoms with van der Waals surface area (Å²) in [7, 11) is -7.33. The molecule has 1 unspecified atom stereocenters. The van der Waals surface area contributed by atoms with E-state index in [2.05, 4.69) is 5.32 Å². The number of nitrogens with two attached hydrogens (primary N) is 1. The topological polar surface area (TPSA) is 127 Å². The van der Waals surface area contributed by atoms with E-state index >= 15 is 0 Å². The number of carbonyl (C=O) groups excluding carboxylic acids is 1. The summed E-state index contributed by atoms with van der Waals surface area (Å²) in [5.74, 6) is -0.425. The Morgan fingerprint density at radius 3 is 2.00 bits per heavy atom. The summed E-state index contributed by atoms with van der Waals surface area (Å²) >= 11 is 0. The molecule has 8 nitrogen and oxygen atoms in total. The second-order valence-corrected chi connectivity index (χ2v) is 11.3. The average Bonchev–Trinajstić information content (AvgIpc) is 2.73. The molecule has 0 aliphatic carbocycles. The molecule has 0 aromatic heterocycles. The number of hydrogen-bond donors (Lipinski definition) is 2. The van der Waals surface area contributed by atoms with Gasteiger partial charge < -0.3 is 5.32 Å². The van der Waals surface area contributed by atoms with Gasteiger partial charge in [-0.2, -0.15) is 4.31 Å². The van der Waals surface area contributed by atoms with Gasteiger partial charge in [0.15, 0.2) is 0 Å². The summed E-state index contributed by atoms with van der Waals surface area (Å²) in [4.78, 5) is 12.9. The lowest BCUT2D eigenvalue weighted by atomic mass is 9.96. The van der Waals surface area contributed by atoms with E-state index in [1.165, 1.54) is 16.4 Å². The number of nitrogens with one attached hydrogen (secondary N) is 1. The fourth-order valence-corrected chi connectivity index (χ4v) is 5.56. The van der Waals surface area contributed by atoms with Gasteiger partial charge in [0.05, 0.1) is 15.8 Å². The van der Waals surface area contributed by atoms with Gasteiger partial charge in [0, 0.05) is 19.0 Å². The molecule has 10 heteroatoms. The summed E-state index contributed by atoms with van der Waals surface area (Å²) < 4.78 is 49.8. The van der Waals surface area contributed by atoms with E-state index in [-0.39, 0.29) is 40.7 Å². The highest BCUT2D eigenvalue weighted by molar-refractivity contribution is 7.89. The van der Waals surface area contributed by atoms with E-state index in [4.69, 9.17) is 5.14 Å². The summed E-state index contributed by atoms with van der Waals surface area (Å²) in [5.41, 5.74) is 1.74. The van der Waals surface area contributed by atoms with Crippen LogP contribution in [0.5, 0.6) is 0 Å². The number of carbonyl (C=O) groups is 1. The molecule has 2 aromatic carbocycles. The Labute approximate surface area is 183 Å². The highest BCUT2D eigenvalue weighted by Gasteiger charge is 2.32. The van der Waals surface area contributed by atoms with Crippen LogP contribution in [0.4, 0.5) is 0 Å². The van der Waals surface area contributed by atoms with Gasteiger partial charge in [0.2, 0.25) is 26.0 Å². The van der Waals surface area contributed by atoms with Gasteiger partial charge in [0.1, 0.15) is 0 Å². The molecule has 1 saturated heterocycles. The number of nitrogens with zero attached hydrogens (tertiary/aromatic N) is 1. The molecule has 1 aliphatic rings. The first kappa shape index (κ1) is 23.4. The minimum Gasteiger partial charge on any atom is -0.349 e. The van der Waals surface area contributed by atoms with Crippen molar-refractivity contribution in [1.29, 1.82) is 0 Å². The number of hydrogen-bond acceptors (Lipinski definition) is 5. The lowest BCUT2D eigenvalue weighted by molar-refractivity contribution is -0.126. The highest BCUT2D eigenvalue weighted by Crippen LogP contribution is 2.25. The highest BCUT2D eigenvalue weighted by atomic mass is 32.2. The van der Waals surface area contributed by atoms with Gasteiger partial charge in [-0.05, 0) is 56.5 Å². The number of aryl methyl sites for hydroxylation is 1. The number of sulfonamides is 2. The average molecular weight is 466 g/mol. The largest absolute Gasteiger partial charge is 0.349 e.